The topological polar surface area (TPSA) is 72.2 Å². The molecule has 5 nitrogen and oxygen atoms in total. The fourth-order valence-electron chi connectivity index (χ4n) is 1.79. The van der Waals surface area contributed by atoms with Crippen molar-refractivity contribution in [3.8, 4) is 0 Å². The highest BCUT2D eigenvalue weighted by Crippen LogP contribution is 2.36. The van der Waals surface area contributed by atoms with Crippen LogP contribution in [0.2, 0.25) is 5.02 Å². The Kier molecular flexibility index (Phi) is 4.42. The molecule has 0 bridgehead atoms. The summed E-state index contributed by atoms with van der Waals surface area (Å²) in [6.45, 7) is 0.436. The molecule has 1 N–H and O–H groups in total. The van der Waals surface area contributed by atoms with Gasteiger partial charge in [0.05, 0.1) is 9.95 Å². The van der Waals surface area contributed by atoms with Crippen LogP contribution in [0.15, 0.2) is 18.2 Å². The van der Waals surface area contributed by atoms with Gasteiger partial charge in [-0.15, -0.1) is 0 Å². The summed E-state index contributed by atoms with van der Waals surface area (Å²) in [6.07, 6.45) is 2.30. The van der Waals surface area contributed by atoms with Crippen LogP contribution in [0.25, 0.3) is 0 Å². The fourth-order valence-corrected chi connectivity index (χ4v) is 2.74. The third-order valence-corrected chi connectivity index (χ3v) is 4.39. The number of hydrogen-bond donors (Lipinski definition) is 1. The third kappa shape index (κ3) is 3.45. The summed E-state index contributed by atoms with van der Waals surface area (Å²) in [7, 11) is 0. The predicted molar refractivity (Wildman–Crippen MR) is 75.9 cm³/mol. The molecule has 1 fully saturated rings. The van der Waals surface area contributed by atoms with Gasteiger partial charge in [0.15, 0.2) is 0 Å². The van der Waals surface area contributed by atoms with E-state index >= 15 is 0 Å². The quantitative estimate of drug-likeness (QED) is 0.505. The number of carbonyl (C=O) groups excluding carboxylic acids is 1. The van der Waals surface area contributed by atoms with E-state index in [9.17, 15) is 14.9 Å². The Morgan fingerprint density at radius 3 is 2.84 bits per heavy atom. The average molecular weight is 348 g/mol. The summed E-state index contributed by atoms with van der Waals surface area (Å²) in [5.41, 5.74) is -0.354. The molecule has 1 saturated carbocycles. The highest BCUT2D eigenvalue weighted by Gasteiger charge is 2.30. The van der Waals surface area contributed by atoms with Crippen molar-refractivity contribution >= 4 is 39.1 Å². The van der Waals surface area contributed by atoms with Crippen molar-refractivity contribution in [3.63, 3.8) is 0 Å². The Morgan fingerprint density at radius 1 is 1.58 bits per heavy atom. The van der Waals surface area contributed by atoms with Crippen LogP contribution < -0.4 is 5.32 Å². The van der Waals surface area contributed by atoms with E-state index in [1.807, 2.05) is 0 Å². The van der Waals surface area contributed by atoms with E-state index in [1.54, 1.807) is 0 Å². The van der Waals surface area contributed by atoms with Gasteiger partial charge < -0.3 is 5.32 Å². The number of nitrogens with one attached hydrogen (secondary N) is 1. The molecule has 1 aromatic carbocycles. The van der Waals surface area contributed by atoms with Gasteiger partial charge in [-0.05, 0) is 24.8 Å². The Morgan fingerprint density at radius 2 is 2.26 bits per heavy atom. The molecule has 19 heavy (non-hydrogen) atoms. The molecule has 0 aliphatic heterocycles. The van der Waals surface area contributed by atoms with Crippen molar-refractivity contribution in [2.24, 2.45) is 5.92 Å². The highest BCUT2D eigenvalue weighted by atomic mass is 79.9. The van der Waals surface area contributed by atoms with Crippen LogP contribution in [0.5, 0.6) is 0 Å². The van der Waals surface area contributed by atoms with Crippen LogP contribution in [0.1, 0.15) is 23.2 Å². The number of rotatable bonds is 5. The summed E-state index contributed by atoms with van der Waals surface area (Å²) in [6, 6.07) is 4.19. The maximum absolute atomic E-state index is 12.0. The number of carbonyl (C=O) groups is 1. The van der Waals surface area contributed by atoms with E-state index in [0.29, 0.717) is 12.5 Å². The van der Waals surface area contributed by atoms with Crippen LogP contribution in [0.3, 0.4) is 0 Å². The number of amides is 1. The minimum absolute atomic E-state index is 0.0790. The first kappa shape index (κ1) is 14.3. The van der Waals surface area contributed by atoms with Crippen molar-refractivity contribution in [1.29, 1.82) is 0 Å². The normalized spacial score (nSPS) is 15.9. The Balaban J connectivity index is 2.11. The molecule has 1 atom stereocenters. The lowest BCUT2D eigenvalue weighted by Gasteiger charge is -2.10. The van der Waals surface area contributed by atoms with Gasteiger partial charge >= 0.3 is 0 Å². The molecule has 1 amide bonds. The molecular formula is C12H12BrClN2O3. The van der Waals surface area contributed by atoms with Crippen LogP contribution in [-0.4, -0.2) is 22.2 Å². The first-order chi connectivity index (χ1) is 9.00. The first-order valence-corrected chi connectivity index (χ1v) is 7.15. The number of halogens is 2. The fraction of sp³-hybridized carbons (Fsp3) is 0.417. The van der Waals surface area contributed by atoms with E-state index in [-0.39, 0.29) is 21.1 Å². The van der Waals surface area contributed by atoms with Gasteiger partial charge in [-0.3, -0.25) is 14.9 Å². The largest absolute Gasteiger partial charge is 0.351 e. The number of nitro groups is 1. The molecule has 7 heteroatoms. The summed E-state index contributed by atoms with van der Waals surface area (Å²) in [5.74, 6) is 0.0731. The number of benzene rings is 1. The average Bonchev–Trinajstić information content (AvgIpc) is 3.19. The molecule has 2 rings (SSSR count). The van der Waals surface area contributed by atoms with Crippen molar-refractivity contribution in [3.05, 3.63) is 38.9 Å². The van der Waals surface area contributed by atoms with Gasteiger partial charge in [-0.25, -0.2) is 0 Å². The lowest BCUT2D eigenvalue weighted by atomic mass is 10.1. The smallest absolute Gasteiger partial charge is 0.283 e. The maximum Gasteiger partial charge on any atom is 0.283 e. The molecule has 0 aromatic heterocycles. The second-order valence-electron chi connectivity index (χ2n) is 4.45. The van der Waals surface area contributed by atoms with Crippen LogP contribution in [0, 0.1) is 16.0 Å². The number of nitrogens with zero attached hydrogens (tertiary/aromatic N) is 1. The van der Waals surface area contributed by atoms with Crippen molar-refractivity contribution in [1.82, 2.24) is 5.32 Å². The van der Waals surface area contributed by atoms with Gasteiger partial charge in [-0.2, -0.15) is 0 Å². The summed E-state index contributed by atoms with van der Waals surface area (Å²) < 4.78 is 0. The van der Waals surface area contributed by atoms with Crippen molar-refractivity contribution in [2.45, 2.75) is 17.7 Å². The lowest BCUT2D eigenvalue weighted by Crippen LogP contribution is -2.31. The van der Waals surface area contributed by atoms with Gasteiger partial charge in [0.1, 0.15) is 5.56 Å². The molecular weight excluding hydrogens is 336 g/mol. The third-order valence-electron chi connectivity index (χ3n) is 3.01. The summed E-state index contributed by atoms with van der Waals surface area (Å²) >= 11 is 9.37. The van der Waals surface area contributed by atoms with E-state index in [2.05, 4.69) is 21.2 Å². The molecule has 0 saturated heterocycles. The number of alkyl halides is 1. The van der Waals surface area contributed by atoms with Crippen molar-refractivity contribution in [2.75, 3.05) is 6.54 Å². The second-order valence-corrected chi connectivity index (χ2v) is 6.04. The molecule has 1 aromatic rings. The Hall–Kier alpha value is -1.14. The Labute approximate surface area is 123 Å². The standard InChI is InChI=1S/C12H12BrClN2O3/c13-8(7-4-5-7)6-15-12(17)11-9(14)2-1-3-10(11)16(18)19/h1-3,7-8H,4-6H2,(H,15,17). The predicted octanol–water partition coefficient (Wildman–Crippen LogP) is 3.15. The molecule has 0 radical (unpaired) electrons. The van der Waals surface area contributed by atoms with E-state index in [0.717, 1.165) is 12.8 Å². The number of nitro benzene ring substituents is 1. The minimum Gasteiger partial charge on any atom is -0.351 e. The maximum atomic E-state index is 12.0. The second kappa shape index (κ2) is 5.88. The SMILES string of the molecule is O=C(NCC(Br)C1CC1)c1c(Cl)cccc1[N+](=O)[O-]. The van der Waals surface area contributed by atoms with Crippen molar-refractivity contribution < 1.29 is 9.72 Å². The van der Waals surface area contributed by atoms with Crippen LogP contribution >= 0.6 is 27.5 Å². The summed E-state index contributed by atoms with van der Waals surface area (Å²) in [5, 5.41) is 13.7. The minimum atomic E-state index is -0.604. The summed E-state index contributed by atoms with van der Waals surface area (Å²) in [4.78, 5) is 22.5. The first-order valence-electron chi connectivity index (χ1n) is 5.86. The van der Waals surface area contributed by atoms with E-state index in [1.165, 1.54) is 18.2 Å². The molecule has 1 unspecified atom stereocenters. The van der Waals surface area contributed by atoms with Gasteiger partial charge in [0.2, 0.25) is 0 Å². The van der Waals surface area contributed by atoms with Crippen LogP contribution in [0.4, 0.5) is 5.69 Å². The van der Waals surface area contributed by atoms with Gasteiger partial charge in [-0.1, -0.05) is 33.6 Å². The monoisotopic (exact) mass is 346 g/mol. The van der Waals surface area contributed by atoms with Crippen LogP contribution in [-0.2, 0) is 0 Å². The highest BCUT2D eigenvalue weighted by molar-refractivity contribution is 9.09. The molecule has 0 heterocycles. The molecule has 0 spiro atoms. The Bertz CT molecular complexity index is 520. The van der Waals surface area contributed by atoms with E-state index in [4.69, 9.17) is 11.6 Å². The zero-order valence-electron chi connectivity index (χ0n) is 9.94. The van der Waals surface area contributed by atoms with Gasteiger partial charge in [0.25, 0.3) is 11.6 Å². The number of hydrogen-bond acceptors (Lipinski definition) is 3. The zero-order chi connectivity index (χ0) is 14.0. The lowest BCUT2D eigenvalue weighted by molar-refractivity contribution is -0.385. The van der Waals surface area contributed by atoms with Gasteiger partial charge in [0, 0.05) is 17.4 Å². The van der Waals surface area contributed by atoms with E-state index < -0.39 is 10.8 Å². The molecule has 1 aliphatic rings. The molecule has 1 aliphatic carbocycles. The molecule has 102 valence electrons. The zero-order valence-corrected chi connectivity index (χ0v) is 12.3.